The summed E-state index contributed by atoms with van der Waals surface area (Å²) in [6.07, 6.45) is 1.07. The largest absolute Gasteiger partial charge is 0.492 e. The fraction of sp³-hybridized carbons (Fsp3) is 0.424. The summed E-state index contributed by atoms with van der Waals surface area (Å²) in [5.74, 6) is 0.251. The van der Waals surface area contributed by atoms with Crippen molar-refractivity contribution in [2.75, 3.05) is 24.7 Å². The van der Waals surface area contributed by atoms with Crippen LogP contribution in [-0.2, 0) is 21.1 Å². The molecule has 1 aliphatic carbocycles. The first-order chi connectivity index (χ1) is 20.4. The molecule has 43 heavy (non-hydrogen) atoms. The van der Waals surface area contributed by atoms with Crippen LogP contribution in [0.15, 0.2) is 42.5 Å². The van der Waals surface area contributed by atoms with Crippen molar-refractivity contribution in [2.45, 2.75) is 63.6 Å². The molecule has 3 aromatic carbocycles. The maximum Gasteiger partial charge on any atom is 0.304 e. The second-order valence-corrected chi connectivity index (χ2v) is 14.3. The van der Waals surface area contributed by atoms with E-state index in [1.807, 2.05) is 38.1 Å². The summed E-state index contributed by atoms with van der Waals surface area (Å²) < 4.78 is 56.8. The zero-order valence-electron chi connectivity index (χ0n) is 24.2. The van der Waals surface area contributed by atoms with Gasteiger partial charge in [0.25, 0.3) is 0 Å². The Morgan fingerprint density at radius 3 is 2.49 bits per heavy atom. The maximum absolute atomic E-state index is 15.3. The standard InChI is InChI=1S/C33H35FO8S/c1-19-13-23(41-18-33(37)9-11-43(38,39)12-10-33)14-20(2)31(19)25-5-7-27(34)32-26(25)6-8-28(32)42-22-3-4-24-21(15-30(35)36)17-40-29(24)16-22/h3-5,7,13-14,16,21,28,37H,6,8-12,15,17-18H2,1-2H3,(H,35,36)/t21?,28-/m1/s1. The molecule has 228 valence electrons. The molecule has 0 saturated carbocycles. The lowest BCUT2D eigenvalue weighted by Crippen LogP contribution is -2.43. The number of aryl methyl sites for hydroxylation is 2. The van der Waals surface area contributed by atoms with Crippen LogP contribution in [0.3, 0.4) is 0 Å². The number of ether oxygens (including phenoxy) is 3. The van der Waals surface area contributed by atoms with Gasteiger partial charge in [-0.25, -0.2) is 12.8 Å². The molecular weight excluding hydrogens is 575 g/mol. The Labute approximate surface area is 250 Å². The summed E-state index contributed by atoms with van der Waals surface area (Å²) in [5.41, 5.74) is 4.92. The normalized spacial score (nSPS) is 21.5. The van der Waals surface area contributed by atoms with E-state index in [0.29, 0.717) is 42.3 Å². The molecule has 8 nitrogen and oxygen atoms in total. The average molecular weight is 611 g/mol. The summed E-state index contributed by atoms with van der Waals surface area (Å²) in [5, 5.41) is 20.0. The average Bonchev–Trinajstić information content (AvgIpc) is 3.55. The number of benzene rings is 3. The number of carboxylic acids is 1. The summed E-state index contributed by atoms with van der Waals surface area (Å²) in [6.45, 7) is 4.26. The topological polar surface area (TPSA) is 119 Å². The fourth-order valence-corrected chi connectivity index (χ4v) is 8.20. The number of hydrogen-bond donors (Lipinski definition) is 2. The van der Waals surface area contributed by atoms with Gasteiger partial charge in [-0.15, -0.1) is 0 Å². The van der Waals surface area contributed by atoms with Crippen LogP contribution in [0.25, 0.3) is 11.1 Å². The Morgan fingerprint density at radius 2 is 1.79 bits per heavy atom. The number of halogens is 1. The van der Waals surface area contributed by atoms with Gasteiger partial charge >= 0.3 is 5.97 Å². The van der Waals surface area contributed by atoms with Crippen molar-refractivity contribution in [3.63, 3.8) is 0 Å². The molecule has 2 aliphatic heterocycles. The zero-order valence-corrected chi connectivity index (χ0v) is 25.0. The van der Waals surface area contributed by atoms with E-state index in [-0.39, 0.29) is 49.1 Å². The molecule has 2 N–H and O–H groups in total. The molecule has 2 atom stereocenters. The van der Waals surface area contributed by atoms with Crippen LogP contribution >= 0.6 is 0 Å². The highest BCUT2D eigenvalue weighted by Crippen LogP contribution is 2.45. The van der Waals surface area contributed by atoms with E-state index in [0.717, 1.165) is 33.4 Å². The molecular formula is C33H35FO8S. The van der Waals surface area contributed by atoms with E-state index in [1.165, 1.54) is 6.07 Å². The Hall–Kier alpha value is -3.63. The SMILES string of the molecule is Cc1cc(OCC2(O)CCS(=O)(=O)CC2)cc(C)c1-c1ccc(F)c2c1CC[C@H]2Oc1ccc2c(c1)OCC2CC(=O)O. The number of fused-ring (bicyclic) bond motifs is 2. The van der Waals surface area contributed by atoms with E-state index in [4.69, 9.17) is 19.3 Å². The Kier molecular flexibility index (Phi) is 7.62. The second-order valence-electron chi connectivity index (χ2n) is 12.0. The molecule has 3 aromatic rings. The minimum Gasteiger partial charge on any atom is -0.492 e. The lowest BCUT2D eigenvalue weighted by Gasteiger charge is -2.31. The van der Waals surface area contributed by atoms with Gasteiger partial charge in [-0.1, -0.05) is 12.1 Å². The molecule has 3 aliphatic rings. The van der Waals surface area contributed by atoms with Crippen LogP contribution < -0.4 is 14.2 Å². The number of rotatable bonds is 8. The predicted octanol–water partition coefficient (Wildman–Crippen LogP) is 5.45. The molecule has 0 spiro atoms. The van der Waals surface area contributed by atoms with Crippen molar-refractivity contribution >= 4 is 15.8 Å². The lowest BCUT2D eigenvalue weighted by molar-refractivity contribution is -0.137. The van der Waals surface area contributed by atoms with Gasteiger partial charge in [-0.05, 0) is 91.6 Å². The van der Waals surface area contributed by atoms with Crippen molar-refractivity contribution in [2.24, 2.45) is 0 Å². The highest BCUT2D eigenvalue weighted by atomic mass is 32.2. The van der Waals surface area contributed by atoms with E-state index >= 15 is 4.39 Å². The monoisotopic (exact) mass is 610 g/mol. The van der Waals surface area contributed by atoms with Crippen LogP contribution in [-0.4, -0.2) is 54.9 Å². The first-order valence-electron chi connectivity index (χ1n) is 14.5. The number of carboxylic acid groups (broad SMARTS) is 1. The van der Waals surface area contributed by atoms with Crippen LogP contribution in [0.5, 0.6) is 17.2 Å². The van der Waals surface area contributed by atoms with Crippen molar-refractivity contribution in [3.05, 3.63) is 76.1 Å². The minimum absolute atomic E-state index is 0.00222. The fourth-order valence-electron chi connectivity index (χ4n) is 6.61. The van der Waals surface area contributed by atoms with Crippen molar-refractivity contribution in [1.29, 1.82) is 0 Å². The number of carbonyl (C=O) groups is 1. The van der Waals surface area contributed by atoms with Crippen LogP contribution in [0, 0.1) is 19.7 Å². The highest BCUT2D eigenvalue weighted by molar-refractivity contribution is 7.91. The predicted molar refractivity (Wildman–Crippen MR) is 158 cm³/mol. The van der Waals surface area contributed by atoms with Gasteiger partial charge in [0.2, 0.25) is 0 Å². The molecule has 0 aromatic heterocycles. The molecule has 10 heteroatoms. The van der Waals surface area contributed by atoms with Crippen LogP contribution in [0.1, 0.15) is 65.5 Å². The summed E-state index contributed by atoms with van der Waals surface area (Å²) in [7, 11) is -3.10. The Balaban J connectivity index is 1.21. The second kappa shape index (κ2) is 11.1. The van der Waals surface area contributed by atoms with Gasteiger partial charge in [-0.3, -0.25) is 4.79 Å². The molecule has 6 rings (SSSR count). The molecule has 0 radical (unpaired) electrons. The molecule has 0 amide bonds. The van der Waals surface area contributed by atoms with Gasteiger partial charge in [0.15, 0.2) is 9.84 Å². The van der Waals surface area contributed by atoms with Crippen molar-refractivity contribution < 1.29 is 42.0 Å². The number of aliphatic hydroxyl groups is 1. The lowest BCUT2D eigenvalue weighted by atomic mass is 9.90. The first kappa shape index (κ1) is 29.4. The third-order valence-electron chi connectivity index (χ3n) is 8.89. The van der Waals surface area contributed by atoms with Crippen molar-refractivity contribution in [3.8, 4) is 28.4 Å². The van der Waals surface area contributed by atoms with E-state index < -0.39 is 27.5 Å². The summed E-state index contributed by atoms with van der Waals surface area (Å²) in [4.78, 5) is 11.2. The van der Waals surface area contributed by atoms with Gasteiger partial charge in [0, 0.05) is 23.1 Å². The number of hydrogen-bond acceptors (Lipinski definition) is 7. The molecule has 1 unspecified atom stereocenters. The quantitative estimate of drug-likeness (QED) is 0.346. The van der Waals surface area contributed by atoms with Gasteiger partial charge in [0.1, 0.15) is 41.4 Å². The zero-order chi connectivity index (χ0) is 30.5. The van der Waals surface area contributed by atoms with Crippen LogP contribution in [0.2, 0.25) is 0 Å². The van der Waals surface area contributed by atoms with Crippen LogP contribution in [0.4, 0.5) is 4.39 Å². The smallest absolute Gasteiger partial charge is 0.304 e. The Morgan fingerprint density at radius 1 is 1.07 bits per heavy atom. The molecule has 0 bridgehead atoms. The van der Waals surface area contributed by atoms with Gasteiger partial charge in [0.05, 0.1) is 24.5 Å². The van der Waals surface area contributed by atoms with E-state index in [1.54, 1.807) is 12.1 Å². The van der Waals surface area contributed by atoms with Gasteiger partial charge in [-0.2, -0.15) is 0 Å². The summed E-state index contributed by atoms with van der Waals surface area (Å²) >= 11 is 0. The number of aliphatic carboxylic acids is 1. The third-order valence-corrected chi connectivity index (χ3v) is 10.5. The summed E-state index contributed by atoms with van der Waals surface area (Å²) in [6, 6.07) is 12.5. The highest BCUT2D eigenvalue weighted by Gasteiger charge is 2.36. The third kappa shape index (κ3) is 5.95. The molecule has 1 saturated heterocycles. The number of sulfone groups is 1. The minimum atomic E-state index is -3.10. The van der Waals surface area contributed by atoms with Gasteiger partial charge < -0.3 is 24.4 Å². The molecule has 2 heterocycles. The first-order valence-corrected chi connectivity index (χ1v) is 16.4. The Bertz CT molecular complexity index is 1660. The van der Waals surface area contributed by atoms with Crippen molar-refractivity contribution in [1.82, 2.24) is 0 Å². The van der Waals surface area contributed by atoms with E-state index in [2.05, 4.69) is 0 Å². The maximum atomic E-state index is 15.3. The van der Waals surface area contributed by atoms with E-state index in [9.17, 15) is 18.3 Å². The molecule has 1 fully saturated rings.